The number of ether oxygens (including phenoxy) is 1. The number of hydrogen-bond acceptors (Lipinski definition) is 3. The van der Waals surface area contributed by atoms with Crippen LogP contribution in [-0.2, 0) is 12.8 Å². The fourth-order valence-electron chi connectivity index (χ4n) is 3.03. The molecule has 0 fully saturated rings. The number of benzene rings is 2. The highest BCUT2D eigenvalue weighted by atomic mass is 19.4. The van der Waals surface area contributed by atoms with E-state index in [2.05, 4.69) is 23.7 Å². The van der Waals surface area contributed by atoms with Crippen LogP contribution in [0.2, 0.25) is 0 Å². The Morgan fingerprint density at radius 2 is 1.73 bits per heavy atom. The molecule has 0 saturated heterocycles. The lowest BCUT2D eigenvalue weighted by Gasteiger charge is -2.10. The second-order valence-electron chi connectivity index (χ2n) is 6.81. The summed E-state index contributed by atoms with van der Waals surface area (Å²) in [5, 5.41) is 0. The molecule has 156 valence electrons. The van der Waals surface area contributed by atoms with E-state index in [4.69, 9.17) is 9.15 Å². The van der Waals surface area contributed by atoms with Gasteiger partial charge in [0.25, 0.3) is 0 Å². The maximum atomic E-state index is 12.7. The molecule has 0 amide bonds. The van der Waals surface area contributed by atoms with Crippen molar-refractivity contribution in [2.45, 2.75) is 45.9 Å². The largest absolute Gasteiger partial charge is 0.487 e. The Bertz CT molecular complexity index is 1040. The van der Waals surface area contributed by atoms with Crippen LogP contribution in [0.5, 0.6) is 5.75 Å². The molecule has 30 heavy (non-hydrogen) atoms. The van der Waals surface area contributed by atoms with Gasteiger partial charge in [-0.25, -0.2) is 4.98 Å². The topological polar surface area (TPSA) is 35.3 Å². The smallest absolute Gasteiger partial charge is 0.416 e. The third kappa shape index (κ3) is 5.04. The number of oxazole rings is 1. The molecule has 2 aromatic carbocycles. The van der Waals surface area contributed by atoms with Gasteiger partial charge in [0.1, 0.15) is 23.8 Å². The van der Waals surface area contributed by atoms with Crippen LogP contribution in [0.25, 0.3) is 11.5 Å². The lowest BCUT2D eigenvalue weighted by Crippen LogP contribution is -2.04. The van der Waals surface area contributed by atoms with Crippen LogP contribution in [0.1, 0.15) is 48.8 Å². The predicted molar refractivity (Wildman–Crippen MR) is 109 cm³/mol. The van der Waals surface area contributed by atoms with Crippen LogP contribution in [-0.4, -0.2) is 4.98 Å². The van der Waals surface area contributed by atoms with Gasteiger partial charge >= 0.3 is 6.18 Å². The lowest BCUT2D eigenvalue weighted by molar-refractivity contribution is -0.137. The Hall–Kier alpha value is -3.20. The van der Waals surface area contributed by atoms with E-state index in [-0.39, 0.29) is 18.4 Å². The zero-order valence-corrected chi connectivity index (χ0v) is 17.0. The number of rotatable bonds is 6. The summed E-state index contributed by atoms with van der Waals surface area (Å²) >= 11 is 0. The first-order chi connectivity index (χ1) is 14.3. The minimum atomic E-state index is -4.38. The molecule has 3 nitrogen and oxygen atoms in total. The van der Waals surface area contributed by atoms with E-state index in [0.29, 0.717) is 22.8 Å². The van der Waals surface area contributed by atoms with Gasteiger partial charge in [-0.15, -0.1) is 5.92 Å². The van der Waals surface area contributed by atoms with Crippen LogP contribution in [0.15, 0.2) is 52.9 Å². The molecular weight excluding hydrogens is 391 g/mol. The average molecular weight is 413 g/mol. The number of halogens is 3. The molecule has 0 saturated carbocycles. The van der Waals surface area contributed by atoms with Gasteiger partial charge in [0, 0.05) is 11.5 Å². The number of alkyl halides is 3. The molecule has 0 aliphatic rings. The van der Waals surface area contributed by atoms with Crippen LogP contribution >= 0.6 is 0 Å². The molecule has 6 heteroatoms. The van der Waals surface area contributed by atoms with Gasteiger partial charge in [0.05, 0.1) is 5.56 Å². The first-order valence-corrected chi connectivity index (χ1v) is 9.60. The van der Waals surface area contributed by atoms with Gasteiger partial charge in [0.2, 0.25) is 5.89 Å². The molecule has 1 aromatic heterocycles. The third-order valence-corrected chi connectivity index (χ3v) is 4.74. The Morgan fingerprint density at radius 1 is 1.07 bits per heavy atom. The van der Waals surface area contributed by atoms with Crippen molar-refractivity contribution < 1.29 is 22.3 Å². The minimum absolute atomic E-state index is 0.196. The van der Waals surface area contributed by atoms with Crippen LogP contribution in [0.4, 0.5) is 13.2 Å². The third-order valence-electron chi connectivity index (χ3n) is 4.74. The summed E-state index contributed by atoms with van der Waals surface area (Å²) in [6.45, 7) is 5.87. The number of hydrogen-bond donors (Lipinski definition) is 0. The fourth-order valence-corrected chi connectivity index (χ4v) is 3.03. The number of aryl methyl sites for hydroxylation is 1. The van der Waals surface area contributed by atoms with E-state index in [1.165, 1.54) is 12.1 Å². The highest BCUT2D eigenvalue weighted by Crippen LogP contribution is 2.31. The Balaban J connectivity index is 1.68. The SMILES string of the molecule is CC#CC(CC)c1ccc(OCc2nc(-c3ccc(C(F)(F)F)cc3)oc2C)cc1. The van der Waals surface area contributed by atoms with E-state index in [0.717, 1.165) is 24.1 Å². The molecule has 0 bridgehead atoms. The van der Waals surface area contributed by atoms with Gasteiger partial charge < -0.3 is 9.15 Å². The second kappa shape index (κ2) is 9.08. The van der Waals surface area contributed by atoms with Crippen molar-refractivity contribution in [1.82, 2.24) is 4.98 Å². The van der Waals surface area contributed by atoms with E-state index >= 15 is 0 Å². The quantitative estimate of drug-likeness (QED) is 0.419. The normalized spacial score (nSPS) is 12.2. The van der Waals surface area contributed by atoms with Gasteiger partial charge in [-0.05, 0) is 62.2 Å². The van der Waals surface area contributed by atoms with E-state index < -0.39 is 11.7 Å². The van der Waals surface area contributed by atoms with Crippen molar-refractivity contribution in [1.29, 1.82) is 0 Å². The van der Waals surface area contributed by atoms with Gasteiger partial charge in [-0.2, -0.15) is 13.2 Å². The zero-order chi connectivity index (χ0) is 21.7. The maximum absolute atomic E-state index is 12.7. The van der Waals surface area contributed by atoms with Crippen LogP contribution < -0.4 is 4.74 Å². The highest BCUT2D eigenvalue weighted by Gasteiger charge is 2.30. The highest BCUT2D eigenvalue weighted by molar-refractivity contribution is 5.54. The summed E-state index contributed by atoms with van der Waals surface area (Å²) in [6, 6.07) is 12.5. The first-order valence-electron chi connectivity index (χ1n) is 9.60. The van der Waals surface area contributed by atoms with Crippen molar-refractivity contribution in [3.63, 3.8) is 0 Å². The van der Waals surface area contributed by atoms with E-state index in [1.807, 2.05) is 31.2 Å². The molecule has 0 aliphatic heterocycles. The summed E-state index contributed by atoms with van der Waals surface area (Å²) in [5.74, 6) is 7.86. The zero-order valence-electron chi connectivity index (χ0n) is 17.0. The Kier molecular flexibility index (Phi) is 6.51. The van der Waals surface area contributed by atoms with Crippen molar-refractivity contribution >= 4 is 0 Å². The van der Waals surface area contributed by atoms with Crippen molar-refractivity contribution in [2.75, 3.05) is 0 Å². The molecule has 1 heterocycles. The van der Waals surface area contributed by atoms with Crippen LogP contribution in [0, 0.1) is 18.8 Å². The average Bonchev–Trinajstić information content (AvgIpc) is 3.11. The summed E-state index contributed by atoms with van der Waals surface area (Å²) < 4.78 is 49.6. The summed E-state index contributed by atoms with van der Waals surface area (Å²) in [4.78, 5) is 4.38. The number of aromatic nitrogens is 1. The first kappa shape index (κ1) is 21.5. The molecule has 1 unspecified atom stereocenters. The van der Waals surface area contributed by atoms with Gasteiger partial charge in [-0.1, -0.05) is 25.0 Å². The molecule has 0 aliphatic carbocycles. The molecule has 1 atom stereocenters. The van der Waals surface area contributed by atoms with Crippen LogP contribution in [0.3, 0.4) is 0 Å². The maximum Gasteiger partial charge on any atom is 0.416 e. The van der Waals surface area contributed by atoms with Gasteiger partial charge in [0.15, 0.2) is 0 Å². The fraction of sp³-hybridized carbons (Fsp3) is 0.292. The Morgan fingerprint density at radius 3 is 2.30 bits per heavy atom. The van der Waals surface area contributed by atoms with E-state index in [1.54, 1.807) is 6.92 Å². The number of nitrogens with zero attached hydrogens (tertiary/aromatic N) is 1. The molecule has 0 spiro atoms. The van der Waals surface area contributed by atoms with Gasteiger partial charge in [-0.3, -0.25) is 0 Å². The molecule has 3 rings (SSSR count). The summed E-state index contributed by atoms with van der Waals surface area (Å²) in [6.07, 6.45) is -3.44. The molecule has 0 N–H and O–H groups in total. The summed E-state index contributed by atoms with van der Waals surface area (Å²) in [7, 11) is 0. The standard InChI is InChI=1S/C24H22F3NO2/c1-4-6-17(5-2)18-9-13-21(14-10-18)29-15-22-16(3)30-23(28-22)19-7-11-20(12-8-19)24(25,26)27/h7-14,17H,5,15H2,1-3H3. The molecular formula is C24H22F3NO2. The van der Waals surface area contributed by atoms with E-state index in [9.17, 15) is 13.2 Å². The Labute approximate surface area is 173 Å². The predicted octanol–water partition coefficient (Wildman–Crippen LogP) is 6.76. The van der Waals surface area contributed by atoms with Crippen molar-refractivity contribution in [3.8, 4) is 29.0 Å². The van der Waals surface area contributed by atoms with Crippen molar-refractivity contribution in [3.05, 3.63) is 71.1 Å². The monoisotopic (exact) mass is 413 g/mol. The van der Waals surface area contributed by atoms with Crippen molar-refractivity contribution in [2.24, 2.45) is 0 Å². The minimum Gasteiger partial charge on any atom is -0.487 e. The lowest BCUT2D eigenvalue weighted by atomic mass is 9.97. The molecule has 3 aromatic rings. The molecule has 0 radical (unpaired) electrons. The summed E-state index contributed by atoms with van der Waals surface area (Å²) in [5.41, 5.74) is 1.50. The second-order valence-corrected chi connectivity index (χ2v) is 6.81.